The van der Waals surface area contributed by atoms with Gasteiger partial charge in [0.15, 0.2) is 0 Å². The van der Waals surface area contributed by atoms with Crippen molar-refractivity contribution in [2.45, 2.75) is 20.0 Å². The molecule has 0 bridgehead atoms. The maximum atomic E-state index is 5.69. The van der Waals surface area contributed by atoms with E-state index in [4.69, 9.17) is 10.5 Å². The summed E-state index contributed by atoms with van der Waals surface area (Å²) in [7, 11) is 1.67. The second-order valence-corrected chi connectivity index (χ2v) is 4.35. The Balaban J connectivity index is 2.05. The average Bonchev–Trinajstić information content (AvgIpc) is 2.47. The van der Waals surface area contributed by atoms with Crippen molar-refractivity contribution in [3.8, 4) is 5.75 Å². The van der Waals surface area contributed by atoms with Crippen LogP contribution in [0.3, 0.4) is 0 Å². The number of anilines is 1. The first-order chi connectivity index (χ1) is 9.24. The van der Waals surface area contributed by atoms with Crippen LogP contribution >= 0.6 is 0 Å². The highest BCUT2D eigenvalue weighted by molar-refractivity contribution is 5.47. The van der Waals surface area contributed by atoms with Crippen molar-refractivity contribution in [1.82, 2.24) is 4.98 Å². The van der Waals surface area contributed by atoms with Gasteiger partial charge in [-0.1, -0.05) is 12.1 Å². The van der Waals surface area contributed by atoms with Crippen molar-refractivity contribution < 1.29 is 4.74 Å². The maximum Gasteiger partial charge on any atom is 0.129 e. The number of nitrogens with two attached hydrogens (primary N) is 1. The van der Waals surface area contributed by atoms with E-state index in [9.17, 15) is 0 Å². The third-order valence-corrected chi connectivity index (χ3v) is 3.16. The molecule has 1 aromatic carbocycles. The number of aromatic nitrogens is 1. The van der Waals surface area contributed by atoms with E-state index in [1.807, 2.05) is 37.3 Å². The number of rotatable bonds is 5. The highest BCUT2D eigenvalue weighted by atomic mass is 16.5. The van der Waals surface area contributed by atoms with Gasteiger partial charge in [0.1, 0.15) is 11.6 Å². The van der Waals surface area contributed by atoms with Crippen molar-refractivity contribution in [3.63, 3.8) is 0 Å². The Morgan fingerprint density at radius 3 is 2.58 bits per heavy atom. The number of benzene rings is 1. The van der Waals surface area contributed by atoms with Gasteiger partial charge in [0, 0.05) is 19.3 Å². The molecule has 1 aromatic heterocycles. The molecule has 2 aromatic rings. The van der Waals surface area contributed by atoms with Crippen LogP contribution in [-0.4, -0.2) is 12.1 Å². The Kier molecular flexibility index (Phi) is 4.36. The molecule has 0 saturated heterocycles. The molecule has 3 N–H and O–H groups in total. The van der Waals surface area contributed by atoms with E-state index in [1.54, 1.807) is 13.3 Å². The van der Waals surface area contributed by atoms with Crippen LogP contribution < -0.4 is 15.8 Å². The number of hydrogen-bond acceptors (Lipinski definition) is 4. The summed E-state index contributed by atoms with van der Waals surface area (Å²) in [5, 5.41) is 3.33. The standard InChI is InChI=1S/C15H19N3O/c1-11-13(9-16)7-8-17-15(11)18-10-12-3-5-14(19-2)6-4-12/h3-8H,9-10,16H2,1-2H3,(H,17,18). The molecule has 100 valence electrons. The van der Waals surface area contributed by atoms with Crippen LogP contribution in [0.25, 0.3) is 0 Å². The topological polar surface area (TPSA) is 60.2 Å². The predicted octanol–water partition coefficient (Wildman–Crippen LogP) is 2.47. The van der Waals surface area contributed by atoms with Gasteiger partial charge in [-0.3, -0.25) is 0 Å². The fourth-order valence-corrected chi connectivity index (χ4v) is 1.90. The first-order valence-electron chi connectivity index (χ1n) is 6.26. The summed E-state index contributed by atoms with van der Waals surface area (Å²) in [5.74, 6) is 1.75. The molecule has 0 atom stereocenters. The van der Waals surface area contributed by atoms with E-state index in [0.717, 1.165) is 29.2 Å². The highest BCUT2D eigenvalue weighted by Crippen LogP contribution is 2.17. The first-order valence-corrected chi connectivity index (χ1v) is 6.26. The summed E-state index contributed by atoms with van der Waals surface area (Å²) in [6.07, 6.45) is 1.78. The van der Waals surface area contributed by atoms with Crippen molar-refractivity contribution in [3.05, 3.63) is 53.2 Å². The van der Waals surface area contributed by atoms with E-state index in [-0.39, 0.29) is 0 Å². The Morgan fingerprint density at radius 1 is 1.21 bits per heavy atom. The lowest BCUT2D eigenvalue weighted by atomic mass is 10.1. The molecular formula is C15H19N3O. The van der Waals surface area contributed by atoms with Gasteiger partial charge in [-0.05, 0) is 41.8 Å². The molecule has 0 fully saturated rings. The second-order valence-electron chi connectivity index (χ2n) is 4.35. The fraction of sp³-hybridized carbons (Fsp3) is 0.267. The molecule has 0 aliphatic carbocycles. The molecular weight excluding hydrogens is 238 g/mol. The van der Waals surface area contributed by atoms with Crippen molar-refractivity contribution in [2.24, 2.45) is 5.73 Å². The van der Waals surface area contributed by atoms with Crippen LogP contribution in [-0.2, 0) is 13.1 Å². The van der Waals surface area contributed by atoms with Crippen molar-refractivity contribution >= 4 is 5.82 Å². The van der Waals surface area contributed by atoms with E-state index >= 15 is 0 Å². The number of hydrogen-bond donors (Lipinski definition) is 2. The van der Waals surface area contributed by atoms with Gasteiger partial charge in [0.25, 0.3) is 0 Å². The summed E-state index contributed by atoms with van der Waals surface area (Å²) in [6, 6.07) is 9.93. The monoisotopic (exact) mass is 257 g/mol. The number of methoxy groups -OCH3 is 1. The largest absolute Gasteiger partial charge is 0.497 e. The zero-order valence-corrected chi connectivity index (χ0v) is 11.3. The Bertz CT molecular complexity index is 538. The molecule has 0 amide bonds. The van der Waals surface area contributed by atoms with Gasteiger partial charge in [-0.15, -0.1) is 0 Å². The lowest BCUT2D eigenvalue weighted by Crippen LogP contribution is -2.07. The lowest BCUT2D eigenvalue weighted by Gasteiger charge is -2.11. The van der Waals surface area contributed by atoms with Crippen LogP contribution in [0.4, 0.5) is 5.82 Å². The van der Waals surface area contributed by atoms with E-state index < -0.39 is 0 Å². The number of pyridine rings is 1. The summed E-state index contributed by atoms with van der Waals surface area (Å²) < 4.78 is 5.13. The smallest absolute Gasteiger partial charge is 0.129 e. The van der Waals surface area contributed by atoms with Crippen molar-refractivity contribution in [2.75, 3.05) is 12.4 Å². The van der Waals surface area contributed by atoms with Crippen LogP contribution in [0, 0.1) is 6.92 Å². The molecule has 19 heavy (non-hydrogen) atoms. The van der Waals surface area contributed by atoms with Gasteiger partial charge < -0.3 is 15.8 Å². The van der Waals surface area contributed by atoms with Gasteiger partial charge in [0.05, 0.1) is 7.11 Å². The summed E-state index contributed by atoms with van der Waals surface area (Å²) in [5.41, 5.74) is 9.10. The molecule has 4 nitrogen and oxygen atoms in total. The molecule has 2 rings (SSSR count). The molecule has 0 aliphatic rings. The minimum absolute atomic E-state index is 0.533. The normalized spacial score (nSPS) is 10.3. The second kappa shape index (κ2) is 6.20. The molecule has 0 radical (unpaired) electrons. The molecule has 0 unspecified atom stereocenters. The SMILES string of the molecule is COc1ccc(CNc2nccc(CN)c2C)cc1. The molecule has 1 heterocycles. The summed E-state index contributed by atoms with van der Waals surface area (Å²) in [4.78, 5) is 4.34. The number of ether oxygens (including phenoxy) is 1. The summed E-state index contributed by atoms with van der Waals surface area (Å²) in [6.45, 7) is 3.29. The minimum Gasteiger partial charge on any atom is -0.497 e. The van der Waals surface area contributed by atoms with Crippen LogP contribution in [0.2, 0.25) is 0 Å². The van der Waals surface area contributed by atoms with Gasteiger partial charge in [-0.25, -0.2) is 4.98 Å². The Morgan fingerprint density at radius 2 is 1.95 bits per heavy atom. The van der Waals surface area contributed by atoms with Gasteiger partial charge in [0.2, 0.25) is 0 Å². The van der Waals surface area contributed by atoms with E-state index in [0.29, 0.717) is 6.54 Å². The maximum absolute atomic E-state index is 5.69. The van der Waals surface area contributed by atoms with Crippen molar-refractivity contribution in [1.29, 1.82) is 0 Å². The third-order valence-electron chi connectivity index (χ3n) is 3.16. The molecule has 0 aliphatic heterocycles. The first kappa shape index (κ1) is 13.4. The molecule has 4 heteroatoms. The van der Waals surface area contributed by atoms with E-state index in [2.05, 4.69) is 10.3 Å². The van der Waals surface area contributed by atoms with Crippen LogP contribution in [0.15, 0.2) is 36.5 Å². The third kappa shape index (κ3) is 3.23. The lowest BCUT2D eigenvalue weighted by molar-refractivity contribution is 0.414. The average molecular weight is 257 g/mol. The minimum atomic E-state index is 0.533. The van der Waals surface area contributed by atoms with Crippen LogP contribution in [0.5, 0.6) is 5.75 Å². The zero-order chi connectivity index (χ0) is 13.7. The Labute approximate surface area is 113 Å². The van der Waals surface area contributed by atoms with E-state index in [1.165, 1.54) is 5.56 Å². The molecule has 0 spiro atoms. The highest BCUT2D eigenvalue weighted by Gasteiger charge is 2.03. The fourth-order valence-electron chi connectivity index (χ4n) is 1.90. The quantitative estimate of drug-likeness (QED) is 0.864. The van der Waals surface area contributed by atoms with Gasteiger partial charge in [-0.2, -0.15) is 0 Å². The van der Waals surface area contributed by atoms with Crippen LogP contribution in [0.1, 0.15) is 16.7 Å². The Hall–Kier alpha value is -2.07. The zero-order valence-electron chi connectivity index (χ0n) is 11.3. The number of nitrogens with zero attached hydrogens (tertiary/aromatic N) is 1. The number of nitrogens with one attached hydrogen (secondary N) is 1. The van der Waals surface area contributed by atoms with Gasteiger partial charge >= 0.3 is 0 Å². The predicted molar refractivity (Wildman–Crippen MR) is 77.2 cm³/mol. The molecule has 0 saturated carbocycles. The summed E-state index contributed by atoms with van der Waals surface area (Å²) >= 11 is 0.